The molecule has 42 heavy (non-hydrogen) atoms. The maximum Gasteiger partial charge on any atom is 0.257 e. The predicted molar refractivity (Wildman–Crippen MR) is 161 cm³/mol. The molecule has 5 aromatic rings. The lowest BCUT2D eigenvalue weighted by Crippen LogP contribution is -2.46. The Labute approximate surface area is 254 Å². The van der Waals surface area contributed by atoms with Gasteiger partial charge in [-0.25, -0.2) is 14.4 Å². The molecule has 0 spiro atoms. The van der Waals surface area contributed by atoms with Gasteiger partial charge in [0.15, 0.2) is 11.2 Å². The number of nitrogens with zero attached hydrogens (tertiary/aromatic N) is 6. The summed E-state index contributed by atoms with van der Waals surface area (Å²) in [5, 5.41) is 20.4. The van der Waals surface area contributed by atoms with Gasteiger partial charge in [-0.2, -0.15) is 5.10 Å². The van der Waals surface area contributed by atoms with Crippen LogP contribution in [0.25, 0.3) is 22.0 Å². The minimum absolute atomic E-state index is 0.166. The first-order valence-electron chi connectivity index (χ1n) is 13.6. The number of carbonyl (C=O) groups is 1. The number of halogens is 3. The highest BCUT2D eigenvalue weighted by molar-refractivity contribution is 7.13. The zero-order valence-electron chi connectivity index (χ0n) is 22.3. The van der Waals surface area contributed by atoms with Crippen LogP contribution >= 0.6 is 34.5 Å². The lowest BCUT2D eigenvalue weighted by Gasteiger charge is -2.39. The number of aliphatic hydroxyl groups excluding tert-OH is 1. The van der Waals surface area contributed by atoms with Crippen molar-refractivity contribution < 1.29 is 14.3 Å². The van der Waals surface area contributed by atoms with Crippen molar-refractivity contribution in [1.82, 2.24) is 29.2 Å². The first-order valence-corrected chi connectivity index (χ1v) is 15.2. The number of anilines is 1. The van der Waals surface area contributed by atoms with E-state index in [-0.39, 0.29) is 19.6 Å². The fourth-order valence-electron chi connectivity index (χ4n) is 5.85. The molecule has 9 nitrogen and oxygen atoms in total. The fourth-order valence-corrected chi connectivity index (χ4v) is 6.94. The van der Waals surface area contributed by atoms with Crippen LogP contribution in [0.4, 0.5) is 9.52 Å². The second-order valence-corrected chi connectivity index (χ2v) is 12.3. The van der Waals surface area contributed by atoms with Crippen LogP contribution in [0, 0.1) is 0 Å². The van der Waals surface area contributed by atoms with Gasteiger partial charge >= 0.3 is 0 Å². The lowest BCUT2D eigenvalue weighted by molar-refractivity contribution is -0.118. The number of aromatic nitrogens is 5. The number of hydrogen-bond donors (Lipinski definition) is 2. The van der Waals surface area contributed by atoms with Gasteiger partial charge in [0, 0.05) is 66.4 Å². The normalized spacial score (nSPS) is 17.9. The second kappa shape index (κ2) is 11.1. The van der Waals surface area contributed by atoms with Crippen molar-refractivity contribution in [3.05, 3.63) is 81.4 Å². The lowest BCUT2D eigenvalue weighted by atomic mass is 9.90. The summed E-state index contributed by atoms with van der Waals surface area (Å²) in [6.45, 7) is 2.93. The minimum Gasteiger partial charge on any atom is -0.395 e. The number of thiazole rings is 1. The summed E-state index contributed by atoms with van der Waals surface area (Å²) in [6.07, 6.45) is 3.98. The molecule has 3 aromatic heterocycles. The number of rotatable bonds is 8. The number of fused-ring (bicyclic) bond motifs is 2. The number of hydrogen-bond acceptors (Lipinski definition) is 7. The number of β-amino-alcohol motifs (C(OH)–C–C–N with tert-alkyl or cyclic N) is 1. The van der Waals surface area contributed by atoms with Crippen molar-refractivity contribution in [2.45, 2.75) is 31.1 Å². The van der Waals surface area contributed by atoms with Crippen molar-refractivity contribution >= 4 is 56.5 Å². The number of likely N-dealkylation sites (tertiary alicyclic amines) is 1. The highest BCUT2D eigenvalue weighted by Crippen LogP contribution is 2.40. The van der Waals surface area contributed by atoms with E-state index in [1.807, 2.05) is 18.2 Å². The Morgan fingerprint density at radius 3 is 2.74 bits per heavy atom. The van der Waals surface area contributed by atoms with E-state index in [2.05, 4.69) is 32.3 Å². The maximum absolute atomic E-state index is 14.3. The number of alkyl halides is 1. The highest BCUT2D eigenvalue weighted by atomic mass is 35.5. The van der Waals surface area contributed by atoms with E-state index in [1.165, 1.54) is 21.6 Å². The molecule has 1 unspecified atom stereocenters. The van der Waals surface area contributed by atoms with E-state index in [0.29, 0.717) is 49.9 Å². The quantitative estimate of drug-likeness (QED) is 0.246. The van der Waals surface area contributed by atoms with Gasteiger partial charge in [0.2, 0.25) is 0 Å². The number of imidazole rings is 1. The molecule has 7 rings (SSSR count). The third-order valence-electron chi connectivity index (χ3n) is 7.99. The van der Waals surface area contributed by atoms with E-state index < -0.39 is 18.1 Å². The fraction of sp³-hybridized carbons (Fsp3) is 0.310. The van der Waals surface area contributed by atoms with Crippen LogP contribution in [-0.2, 0) is 17.8 Å². The summed E-state index contributed by atoms with van der Waals surface area (Å²) in [6, 6.07) is 9.06. The molecule has 0 radical (unpaired) electrons. The van der Waals surface area contributed by atoms with Gasteiger partial charge in [0.25, 0.3) is 5.91 Å². The Morgan fingerprint density at radius 2 is 2.00 bits per heavy atom. The number of nitrogens with one attached hydrogen (secondary N) is 1. The van der Waals surface area contributed by atoms with Crippen LogP contribution in [0.2, 0.25) is 10.0 Å². The monoisotopic (exact) mass is 625 g/mol. The standard InChI is InChI=1S/C29H26Cl2FN7O2S/c30-22-10-20(17-3-1-16(2-4-17)18-11-37(12-18)6-7-40)24(31)25-21(22)14-39(36-25)27(28(41)35-29-33-5-8-42-29)26-23-9-19(32)13-38(23)15-34-26/h1-5,8,10,14-15,18-19,27,40H,6-7,9,11-13H2,(H,33,35,41)/t19-,27?/m1/s1. The summed E-state index contributed by atoms with van der Waals surface area (Å²) in [4.78, 5) is 24.6. The Hall–Kier alpha value is -3.35. The second-order valence-electron chi connectivity index (χ2n) is 10.7. The van der Waals surface area contributed by atoms with Gasteiger partial charge in [-0.05, 0) is 17.2 Å². The molecule has 13 heteroatoms. The summed E-state index contributed by atoms with van der Waals surface area (Å²) in [5.74, 6) is 0.0329. The van der Waals surface area contributed by atoms with Crippen LogP contribution in [0.3, 0.4) is 0 Å². The van der Waals surface area contributed by atoms with E-state index >= 15 is 0 Å². The Balaban J connectivity index is 1.24. The van der Waals surface area contributed by atoms with Crippen LogP contribution in [-0.4, -0.2) is 72.6 Å². The summed E-state index contributed by atoms with van der Waals surface area (Å²) >= 11 is 15.0. The van der Waals surface area contributed by atoms with E-state index in [1.54, 1.807) is 28.7 Å². The van der Waals surface area contributed by atoms with Gasteiger partial charge in [-0.1, -0.05) is 47.5 Å². The summed E-state index contributed by atoms with van der Waals surface area (Å²) in [5.41, 5.74) is 4.39. The average Bonchev–Trinajstić information content (AvgIpc) is 3.75. The van der Waals surface area contributed by atoms with Crippen molar-refractivity contribution in [1.29, 1.82) is 0 Å². The molecule has 2 aromatic carbocycles. The summed E-state index contributed by atoms with van der Waals surface area (Å²) < 4.78 is 17.5. The number of benzene rings is 2. The van der Waals surface area contributed by atoms with Crippen molar-refractivity contribution in [2.75, 3.05) is 31.6 Å². The number of carbonyl (C=O) groups excluding carboxylic acids is 1. The molecule has 2 atom stereocenters. The molecule has 1 saturated heterocycles. The molecule has 1 amide bonds. The molecule has 1 fully saturated rings. The topological polar surface area (TPSA) is 101 Å². The summed E-state index contributed by atoms with van der Waals surface area (Å²) in [7, 11) is 0. The molecule has 2 aliphatic rings. The van der Waals surface area contributed by atoms with Gasteiger partial charge in [-0.15, -0.1) is 11.3 Å². The van der Waals surface area contributed by atoms with Gasteiger partial charge in [-0.3, -0.25) is 19.7 Å². The number of amides is 1. The molecule has 2 aliphatic heterocycles. The van der Waals surface area contributed by atoms with E-state index in [9.17, 15) is 9.18 Å². The van der Waals surface area contributed by atoms with Crippen LogP contribution in [0.5, 0.6) is 0 Å². The molecule has 216 valence electrons. The molecule has 0 bridgehead atoms. The zero-order chi connectivity index (χ0) is 29.0. The first-order chi connectivity index (χ1) is 20.4. The predicted octanol–water partition coefficient (Wildman–Crippen LogP) is 5.18. The van der Waals surface area contributed by atoms with Crippen LogP contribution < -0.4 is 5.32 Å². The Morgan fingerprint density at radius 1 is 1.19 bits per heavy atom. The van der Waals surface area contributed by atoms with Crippen molar-refractivity contribution in [2.24, 2.45) is 0 Å². The molecule has 0 aliphatic carbocycles. The van der Waals surface area contributed by atoms with Gasteiger partial charge in [0.1, 0.15) is 11.7 Å². The first kappa shape index (κ1) is 27.5. The van der Waals surface area contributed by atoms with E-state index in [0.717, 1.165) is 24.2 Å². The van der Waals surface area contributed by atoms with Crippen LogP contribution in [0.1, 0.15) is 28.9 Å². The average molecular weight is 627 g/mol. The zero-order valence-corrected chi connectivity index (χ0v) is 24.6. The SMILES string of the molecule is O=C(Nc1nccs1)C(c1ncn2c1C[C@@H](F)C2)n1cc2c(Cl)cc(-c3ccc(C4CN(CCO)C4)cc3)c(Cl)c2n1. The van der Waals surface area contributed by atoms with E-state index in [4.69, 9.17) is 33.4 Å². The minimum atomic E-state index is -1.04. The largest absolute Gasteiger partial charge is 0.395 e. The smallest absolute Gasteiger partial charge is 0.257 e. The Bertz CT molecular complexity index is 1770. The highest BCUT2D eigenvalue weighted by Gasteiger charge is 2.35. The molecule has 5 heterocycles. The maximum atomic E-state index is 14.3. The van der Waals surface area contributed by atoms with Crippen LogP contribution in [0.15, 0.2) is 54.4 Å². The van der Waals surface area contributed by atoms with Crippen molar-refractivity contribution in [3.8, 4) is 11.1 Å². The molecular weight excluding hydrogens is 600 g/mol. The third-order valence-corrected chi connectivity index (χ3v) is 9.38. The molecule has 2 N–H and O–H groups in total. The third kappa shape index (κ3) is 4.88. The molecular formula is C29H26Cl2FN7O2S. The van der Waals surface area contributed by atoms with Gasteiger partial charge < -0.3 is 9.67 Å². The van der Waals surface area contributed by atoms with Gasteiger partial charge in [0.05, 0.1) is 35.2 Å². The Kier molecular flexibility index (Phi) is 7.23. The van der Waals surface area contributed by atoms with Crippen molar-refractivity contribution in [3.63, 3.8) is 0 Å². The number of aliphatic hydroxyl groups is 1. The molecule has 0 saturated carbocycles.